The summed E-state index contributed by atoms with van der Waals surface area (Å²) in [5.74, 6) is 1.44. The Labute approximate surface area is 139 Å². The second kappa shape index (κ2) is 8.38. The normalized spacial score (nSPS) is 10.3. The van der Waals surface area contributed by atoms with Gasteiger partial charge in [-0.3, -0.25) is 4.79 Å². The molecule has 1 amide bonds. The Morgan fingerprint density at radius 3 is 2.87 bits per heavy atom. The fraction of sp³-hybridized carbons (Fsp3) is 0.312. The zero-order valence-electron chi connectivity index (χ0n) is 13.2. The van der Waals surface area contributed by atoms with E-state index in [1.54, 1.807) is 13.2 Å². The number of methoxy groups -OCH3 is 1. The molecule has 2 rings (SSSR count). The van der Waals surface area contributed by atoms with Crippen molar-refractivity contribution in [3.05, 3.63) is 41.6 Å². The van der Waals surface area contributed by atoms with Crippen LogP contribution in [0.5, 0.6) is 5.75 Å². The monoisotopic (exact) mass is 332 g/mol. The number of aromatic nitrogens is 2. The molecular formula is C16H20N4O2S. The molecule has 0 aliphatic heterocycles. The summed E-state index contributed by atoms with van der Waals surface area (Å²) in [6, 6.07) is 9.47. The van der Waals surface area contributed by atoms with Crippen LogP contribution in [0.3, 0.4) is 0 Å². The number of nitrogen functional groups attached to an aromatic ring is 1. The minimum atomic E-state index is -0.0615. The Morgan fingerprint density at radius 2 is 2.13 bits per heavy atom. The van der Waals surface area contributed by atoms with Crippen molar-refractivity contribution in [3.8, 4) is 5.75 Å². The summed E-state index contributed by atoms with van der Waals surface area (Å²) in [6.45, 7) is 2.39. The lowest BCUT2D eigenvalue weighted by Gasteiger charge is -2.09. The molecule has 7 heteroatoms. The fourth-order valence-corrected chi connectivity index (χ4v) is 2.80. The number of nitrogens with one attached hydrogen (secondary N) is 1. The van der Waals surface area contributed by atoms with Crippen LogP contribution in [0, 0.1) is 6.92 Å². The number of ether oxygens (including phenoxy) is 1. The van der Waals surface area contributed by atoms with Gasteiger partial charge in [0.1, 0.15) is 11.6 Å². The fourth-order valence-electron chi connectivity index (χ4n) is 2.06. The Balaban J connectivity index is 1.77. The van der Waals surface area contributed by atoms with Crippen molar-refractivity contribution in [2.24, 2.45) is 0 Å². The van der Waals surface area contributed by atoms with Gasteiger partial charge >= 0.3 is 0 Å². The SMILES string of the molecule is COc1ccccc1CCNC(=O)CSc1nc(C)cc(N)n1. The van der Waals surface area contributed by atoms with E-state index in [0.29, 0.717) is 23.9 Å². The number of rotatable bonds is 7. The van der Waals surface area contributed by atoms with Crippen LogP contribution in [0.25, 0.3) is 0 Å². The first-order chi connectivity index (χ1) is 11.1. The van der Waals surface area contributed by atoms with E-state index in [0.717, 1.165) is 17.0 Å². The number of para-hydroxylation sites is 1. The van der Waals surface area contributed by atoms with E-state index in [1.807, 2.05) is 31.2 Å². The third-order valence-electron chi connectivity index (χ3n) is 3.09. The van der Waals surface area contributed by atoms with Gasteiger partial charge in [0.15, 0.2) is 5.16 Å². The number of aryl methyl sites for hydroxylation is 1. The van der Waals surface area contributed by atoms with E-state index in [1.165, 1.54) is 11.8 Å². The summed E-state index contributed by atoms with van der Waals surface area (Å²) in [6.07, 6.45) is 0.717. The number of carbonyl (C=O) groups excluding carboxylic acids is 1. The first-order valence-corrected chi connectivity index (χ1v) is 8.19. The van der Waals surface area contributed by atoms with Crippen LogP contribution >= 0.6 is 11.8 Å². The quantitative estimate of drug-likeness (QED) is 0.594. The van der Waals surface area contributed by atoms with Crippen molar-refractivity contribution in [3.63, 3.8) is 0 Å². The number of anilines is 1. The second-order valence-electron chi connectivity index (χ2n) is 4.92. The maximum Gasteiger partial charge on any atom is 0.230 e. The second-order valence-corrected chi connectivity index (χ2v) is 5.86. The van der Waals surface area contributed by atoms with Gasteiger partial charge in [0.05, 0.1) is 12.9 Å². The topological polar surface area (TPSA) is 90.1 Å². The molecule has 0 saturated heterocycles. The molecule has 23 heavy (non-hydrogen) atoms. The van der Waals surface area contributed by atoms with Crippen molar-refractivity contribution in [1.29, 1.82) is 0 Å². The van der Waals surface area contributed by atoms with Crippen LogP contribution in [-0.4, -0.2) is 35.3 Å². The number of amides is 1. The molecule has 122 valence electrons. The summed E-state index contributed by atoms with van der Waals surface area (Å²) >= 11 is 1.27. The standard InChI is InChI=1S/C16H20N4O2S/c1-11-9-14(17)20-16(19-11)23-10-15(21)18-8-7-12-5-3-4-6-13(12)22-2/h3-6,9H,7-8,10H2,1-2H3,(H,18,21)(H2,17,19,20). The van der Waals surface area contributed by atoms with Crippen LogP contribution in [0.15, 0.2) is 35.5 Å². The molecule has 1 aromatic carbocycles. The highest BCUT2D eigenvalue weighted by molar-refractivity contribution is 7.99. The molecule has 0 aliphatic carbocycles. The average Bonchev–Trinajstić information content (AvgIpc) is 2.52. The van der Waals surface area contributed by atoms with Crippen LogP contribution in [0.4, 0.5) is 5.82 Å². The van der Waals surface area contributed by atoms with E-state index in [-0.39, 0.29) is 11.7 Å². The molecule has 6 nitrogen and oxygen atoms in total. The number of nitrogens with two attached hydrogens (primary N) is 1. The summed E-state index contributed by atoms with van der Waals surface area (Å²) in [5.41, 5.74) is 7.52. The van der Waals surface area contributed by atoms with Gasteiger partial charge < -0.3 is 15.8 Å². The van der Waals surface area contributed by atoms with Gasteiger partial charge in [-0.1, -0.05) is 30.0 Å². The van der Waals surface area contributed by atoms with E-state index in [2.05, 4.69) is 15.3 Å². The van der Waals surface area contributed by atoms with Crippen LogP contribution in [-0.2, 0) is 11.2 Å². The maximum atomic E-state index is 11.9. The zero-order valence-corrected chi connectivity index (χ0v) is 14.0. The molecule has 0 atom stereocenters. The molecule has 0 saturated carbocycles. The zero-order chi connectivity index (χ0) is 16.7. The Hall–Kier alpha value is -2.28. The number of benzene rings is 1. The lowest BCUT2D eigenvalue weighted by atomic mass is 10.1. The van der Waals surface area contributed by atoms with Gasteiger partial charge in [0.2, 0.25) is 5.91 Å². The van der Waals surface area contributed by atoms with Crippen LogP contribution in [0.2, 0.25) is 0 Å². The predicted octanol–water partition coefficient (Wildman–Crippen LogP) is 1.83. The molecule has 2 aromatic rings. The predicted molar refractivity (Wildman–Crippen MR) is 91.6 cm³/mol. The molecule has 0 spiro atoms. The molecule has 1 aromatic heterocycles. The number of carbonyl (C=O) groups is 1. The van der Waals surface area contributed by atoms with Gasteiger partial charge in [-0.2, -0.15) is 0 Å². The molecule has 0 fully saturated rings. The van der Waals surface area contributed by atoms with Crippen molar-refractivity contribution in [2.45, 2.75) is 18.5 Å². The maximum absolute atomic E-state index is 11.9. The van der Waals surface area contributed by atoms with E-state index >= 15 is 0 Å². The van der Waals surface area contributed by atoms with Crippen molar-refractivity contribution >= 4 is 23.5 Å². The highest BCUT2D eigenvalue weighted by Crippen LogP contribution is 2.17. The summed E-state index contributed by atoms with van der Waals surface area (Å²) in [4.78, 5) is 20.2. The molecule has 0 radical (unpaired) electrons. The van der Waals surface area contributed by atoms with Crippen LogP contribution < -0.4 is 15.8 Å². The largest absolute Gasteiger partial charge is 0.496 e. The summed E-state index contributed by atoms with van der Waals surface area (Å²) in [7, 11) is 1.64. The molecule has 0 aliphatic rings. The average molecular weight is 332 g/mol. The highest BCUT2D eigenvalue weighted by Gasteiger charge is 2.07. The van der Waals surface area contributed by atoms with Crippen molar-refractivity contribution < 1.29 is 9.53 Å². The molecule has 0 bridgehead atoms. The van der Waals surface area contributed by atoms with E-state index < -0.39 is 0 Å². The highest BCUT2D eigenvalue weighted by atomic mass is 32.2. The van der Waals surface area contributed by atoms with Gasteiger partial charge in [-0.15, -0.1) is 0 Å². The Bertz CT molecular complexity index is 659. The van der Waals surface area contributed by atoms with E-state index in [9.17, 15) is 4.79 Å². The minimum absolute atomic E-state index is 0.0615. The van der Waals surface area contributed by atoms with E-state index in [4.69, 9.17) is 10.5 Å². The smallest absolute Gasteiger partial charge is 0.230 e. The lowest BCUT2D eigenvalue weighted by Crippen LogP contribution is -2.27. The van der Waals surface area contributed by atoms with Gasteiger partial charge in [-0.05, 0) is 25.0 Å². The van der Waals surface area contributed by atoms with Crippen LogP contribution in [0.1, 0.15) is 11.3 Å². The summed E-state index contributed by atoms with van der Waals surface area (Å²) < 4.78 is 5.29. The molecule has 3 N–H and O–H groups in total. The minimum Gasteiger partial charge on any atom is -0.496 e. The number of hydrogen-bond acceptors (Lipinski definition) is 6. The van der Waals surface area contributed by atoms with Crippen molar-refractivity contribution in [2.75, 3.05) is 25.1 Å². The Morgan fingerprint density at radius 1 is 1.35 bits per heavy atom. The molecule has 1 heterocycles. The third-order valence-corrected chi connectivity index (χ3v) is 3.94. The number of thioether (sulfide) groups is 1. The first-order valence-electron chi connectivity index (χ1n) is 7.21. The number of hydrogen-bond donors (Lipinski definition) is 2. The Kier molecular flexibility index (Phi) is 6.22. The first kappa shape index (κ1) is 17.1. The third kappa shape index (κ3) is 5.45. The summed E-state index contributed by atoms with van der Waals surface area (Å²) in [5, 5.41) is 3.40. The number of nitrogens with zero attached hydrogens (tertiary/aromatic N) is 2. The molecular weight excluding hydrogens is 312 g/mol. The lowest BCUT2D eigenvalue weighted by molar-refractivity contribution is -0.118. The van der Waals surface area contributed by atoms with Gasteiger partial charge in [0.25, 0.3) is 0 Å². The van der Waals surface area contributed by atoms with Gasteiger partial charge in [0, 0.05) is 18.3 Å². The van der Waals surface area contributed by atoms with Crippen molar-refractivity contribution in [1.82, 2.24) is 15.3 Å². The van der Waals surface area contributed by atoms with Gasteiger partial charge in [-0.25, -0.2) is 9.97 Å². The molecule has 0 unspecified atom stereocenters.